The lowest BCUT2D eigenvalue weighted by molar-refractivity contribution is -0.119. The molecule has 0 aromatic heterocycles. The highest BCUT2D eigenvalue weighted by Crippen LogP contribution is 2.27. The van der Waals surface area contributed by atoms with Gasteiger partial charge in [-0.25, -0.2) is 0 Å². The second-order valence-corrected chi connectivity index (χ2v) is 5.62. The zero-order valence-corrected chi connectivity index (χ0v) is 12.7. The highest BCUT2D eigenvalue weighted by atomic mass is 16.5. The first-order valence-corrected chi connectivity index (χ1v) is 7.47. The molecule has 120 valence electrons. The smallest absolute Gasteiger partial charge is 0.257 e. The van der Waals surface area contributed by atoms with E-state index in [1.807, 2.05) is 6.92 Å². The fourth-order valence-corrected chi connectivity index (χ4v) is 2.57. The highest BCUT2D eigenvalue weighted by molar-refractivity contribution is 5.97. The number of rotatable bonds is 5. The van der Waals surface area contributed by atoms with Gasteiger partial charge >= 0.3 is 0 Å². The van der Waals surface area contributed by atoms with Crippen molar-refractivity contribution >= 4 is 11.8 Å². The fraction of sp³-hybridized carbons (Fsp3) is 0.500. The number of carbonyl (C=O) groups is 2. The van der Waals surface area contributed by atoms with Gasteiger partial charge < -0.3 is 20.5 Å². The molecule has 3 N–H and O–H groups in total. The summed E-state index contributed by atoms with van der Waals surface area (Å²) in [5.74, 6) is -0.394. The van der Waals surface area contributed by atoms with Crippen LogP contribution in [0.4, 0.5) is 0 Å². The Hall–Kier alpha value is -2.08. The molecule has 1 aliphatic rings. The number of nitrogens with two attached hydrogens (primary N) is 1. The third-order valence-corrected chi connectivity index (χ3v) is 4.13. The predicted octanol–water partition coefficient (Wildman–Crippen LogP) is 0.928. The summed E-state index contributed by atoms with van der Waals surface area (Å²) in [6.07, 6.45) is 1.83. The summed E-state index contributed by atoms with van der Waals surface area (Å²) in [5.41, 5.74) is 4.81. The van der Waals surface area contributed by atoms with Crippen molar-refractivity contribution < 1.29 is 19.4 Å². The number of carbonyl (C=O) groups excluding carboxylic acids is 2. The van der Waals surface area contributed by atoms with Gasteiger partial charge in [-0.1, -0.05) is 19.1 Å². The monoisotopic (exact) mass is 306 g/mol. The van der Waals surface area contributed by atoms with E-state index < -0.39 is 11.5 Å². The summed E-state index contributed by atoms with van der Waals surface area (Å²) < 4.78 is 5.30. The van der Waals surface area contributed by atoms with E-state index in [-0.39, 0.29) is 12.5 Å². The van der Waals surface area contributed by atoms with Crippen molar-refractivity contribution in [3.05, 3.63) is 29.8 Å². The number of hydrogen-bond donors (Lipinski definition) is 2. The number of ether oxygens (including phenoxy) is 1. The number of piperidine rings is 1. The van der Waals surface area contributed by atoms with Gasteiger partial charge in [-0.15, -0.1) is 0 Å². The molecule has 22 heavy (non-hydrogen) atoms. The van der Waals surface area contributed by atoms with Crippen LogP contribution in [0.2, 0.25) is 0 Å². The maximum absolute atomic E-state index is 12.6. The van der Waals surface area contributed by atoms with E-state index in [0.717, 1.165) is 0 Å². The Morgan fingerprint density at radius 3 is 2.55 bits per heavy atom. The summed E-state index contributed by atoms with van der Waals surface area (Å²) >= 11 is 0. The molecule has 1 aliphatic heterocycles. The van der Waals surface area contributed by atoms with Gasteiger partial charge in [0.05, 0.1) is 11.2 Å². The lowest BCUT2D eigenvalue weighted by Gasteiger charge is -2.37. The molecule has 0 atom stereocenters. The van der Waals surface area contributed by atoms with Crippen LogP contribution in [0.3, 0.4) is 0 Å². The summed E-state index contributed by atoms with van der Waals surface area (Å²) in [7, 11) is 0. The molecule has 0 bridgehead atoms. The van der Waals surface area contributed by atoms with E-state index in [2.05, 4.69) is 0 Å². The van der Waals surface area contributed by atoms with Gasteiger partial charge in [0.1, 0.15) is 5.75 Å². The number of aliphatic hydroxyl groups is 1. The third kappa shape index (κ3) is 3.76. The van der Waals surface area contributed by atoms with Crippen LogP contribution in [0.1, 0.15) is 36.5 Å². The van der Waals surface area contributed by atoms with Gasteiger partial charge in [-0.05, 0) is 31.4 Å². The first-order valence-electron chi connectivity index (χ1n) is 7.47. The van der Waals surface area contributed by atoms with Crippen LogP contribution in [0.25, 0.3) is 0 Å². The Bertz CT molecular complexity index is 551. The minimum Gasteiger partial charge on any atom is -0.483 e. The van der Waals surface area contributed by atoms with Crippen molar-refractivity contribution in [3.63, 3.8) is 0 Å². The normalized spacial score (nSPS) is 17.1. The molecule has 0 saturated carbocycles. The average molecular weight is 306 g/mol. The minimum atomic E-state index is -0.668. The molecule has 0 aliphatic carbocycles. The molecule has 6 nitrogen and oxygen atoms in total. The van der Waals surface area contributed by atoms with Crippen LogP contribution in [0.15, 0.2) is 24.3 Å². The van der Waals surface area contributed by atoms with Crippen LogP contribution < -0.4 is 10.5 Å². The highest BCUT2D eigenvalue weighted by Gasteiger charge is 2.33. The molecule has 6 heteroatoms. The predicted molar refractivity (Wildman–Crippen MR) is 81.5 cm³/mol. The zero-order valence-electron chi connectivity index (χ0n) is 12.7. The van der Waals surface area contributed by atoms with Crippen molar-refractivity contribution in [1.29, 1.82) is 0 Å². The Kier molecular flexibility index (Phi) is 5.03. The molecule has 0 spiro atoms. The van der Waals surface area contributed by atoms with E-state index >= 15 is 0 Å². The minimum absolute atomic E-state index is 0.154. The van der Waals surface area contributed by atoms with Gasteiger partial charge in [0.2, 0.25) is 0 Å². The number of benzene rings is 1. The lowest BCUT2D eigenvalue weighted by Crippen LogP contribution is -2.46. The number of likely N-dealkylation sites (tertiary alicyclic amines) is 1. The Balaban J connectivity index is 2.08. The summed E-state index contributed by atoms with van der Waals surface area (Å²) in [6, 6.07) is 6.79. The molecular formula is C16H22N2O4. The van der Waals surface area contributed by atoms with Gasteiger partial charge in [-0.2, -0.15) is 0 Å². The van der Waals surface area contributed by atoms with E-state index in [1.54, 1.807) is 29.2 Å². The first kappa shape index (κ1) is 16.3. The second-order valence-electron chi connectivity index (χ2n) is 5.62. The molecule has 1 aromatic carbocycles. The van der Waals surface area contributed by atoms with Crippen LogP contribution in [-0.2, 0) is 4.79 Å². The number of amides is 2. The van der Waals surface area contributed by atoms with Crippen molar-refractivity contribution in [2.24, 2.45) is 5.73 Å². The van der Waals surface area contributed by atoms with E-state index in [1.165, 1.54) is 0 Å². The largest absolute Gasteiger partial charge is 0.483 e. The summed E-state index contributed by atoms with van der Waals surface area (Å²) in [6.45, 7) is 2.70. The number of hydrogen-bond acceptors (Lipinski definition) is 4. The van der Waals surface area contributed by atoms with E-state index in [0.29, 0.717) is 43.7 Å². The van der Waals surface area contributed by atoms with Crippen molar-refractivity contribution in [1.82, 2.24) is 4.90 Å². The molecule has 0 unspecified atom stereocenters. The maximum atomic E-state index is 12.6. The van der Waals surface area contributed by atoms with Gasteiger partial charge in [-0.3, -0.25) is 9.59 Å². The van der Waals surface area contributed by atoms with Crippen LogP contribution >= 0.6 is 0 Å². The van der Waals surface area contributed by atoms with Crippen LogP contribution in [0, 0.1) is 0 Å². The van der Waals surface area contributed by atoms with Crippen LogP contribution in [0.5, 0.6) is 5.75 Å². The van der Waals surface area contributed by atoms with Gasteiger partial charge in [0.15, 0.2) is 6.61 Å². The molecule has 2 rings (SSSR count). The fourth-order valence-electron chi connectivity index (χ4n) is 2.57. The lowest BCUT2D eigenvalue weighted by atomic mass is 9.89. The summed E-state index contributed by atoms with van der Waals surface area (Å²) in [5, 5.41) is 10.2. The SMILES string of the molecule is CCC1(O)CCN(C(=O)c2ccccc2OCC(N)=O)CC1. The maximum Gasteiger partial charge on any atom is 0.257 e. The molecule has 1 fully saturated rings. The molecular weight excluding hydrogens is 284 g/mol. The third-order valence-electron chi connectivity index (χ3n) is 4.13. The quantitative estimate of drug-likeness (QED) is 0.846. The topological polar surface area (TPSA) is 92.9 Å². The van der Waals surface area contributed by atoms with E-state index in [4.69, 9.17) is 10.5 Å². The Morgan fingerprint density at radius 1 is 1.32 bits per heavy atom. The molecule has 1 heterocycles. The molecule has 1 saturated heterocycles. The molecule has 2 amide bonds. The van der Waals surface area contributed by atoms with Crippen molar-refractivity contribution in [3.8, 4) is 5.75 Å². The standard InChI is InChI=1S/C16H22N2O4/c1-2-16(21)7-9-18(10-8-16)15(20)12-5-3-4-6-13(12)22-11-14(17)19/h3-6,21H,2,7-11H2,1H3,(H2,17,19). The average Bonchev–Trinajstić information content (AvgIpc) is 2.53. The summed E-state index contributed by atoms with van der Waals surface area (Å²) in [4.78, 5) is 25.2. The van der Waals surface area contributed by atoms with E-state index in [9.17, 15) is 14.7 Å². The molecule has 0 radical (unpaired) electrons. The first-order chi connectivity index (χ1) is 10.4. The second kappa shape index (κ2) is 6.79. The zero-order chi connectivity index (χ0) is 16.2. The number of nitrogens with zero attached hydrogens (tertiary/aromatic N) is 1. The molecule has 1 aromatic rings. The Labute approximate surface area is 129 Å². The van der Waals surface area contributed by atoms with Gasteiger partial charge in [0.25, 0.3) is 11.8 Å². The van der Waals surface area contributed by atoms with Crippen molar-refractivity contribution in [2.45, 2.75) is 31.8 Å². The van der Waals surface area contributed by atoms with Gasteiger partial charge in [0, 0.05) is 13.1 Å². The number of primary amides is 1. The van der Waals surface area contributed by atoms with Crippen molar-refractivity contribution in [2.75, 3.05) is 19.7 Å². The Morgan fingerprint density at radius 2 is 1.95 bits per heavy atom. The number of para-hydroxylation sites is 1. The van der Waals surface area contributed by atoms with Crippen LogP contribution in [-0.4, -0.2) is 47.1 Å².